The van der Waals surface area contributed by atoms with Gasteiger partial charge >= 0.3 is 5.69 Å². The lowest BCUT2D eigenvalue weighted by Gasteiger charge is -2.03. The van der Waals surface area contributed by atoms with Crippen LogP contribution in [-0.2, 0) is 7.05 Å². The zero-order chi connectivity index (χ0) is 12.4. The number of ether oxygens (including phenoxy) is 1. The fourth-order valence-corrected chi connectivity index (χ4v) is 1.30. The molecule has 2 rings (SSSR count). The SMILES string of the molecule is Cc1ccc([N+](=O)[O-])c(Oc2cnn(C)c2)n1. The van der Waals surface area contributed by atoms with Gasteiger partial charge in [-0.1, -0.05) is 0 Å². The van der Waals surface area contributed by atoms with Gasteiger partial charge in [0.1, 0.15) is 0 Å². The van der Waals surface area contributed by atoms with E-state index in [4.69, 9.17) is 4.74 Å². The second kappa shape index (κ2) is 4.20. The summed E-state index contributed by atoms with van der Waals surface area (Å²) >= 11 is 0. The molecule has 0 radical (unpaired) electrons. The highest BCUT2D eigenvalue weighted by atomic mass is 16.6. The first-order valence-electron chi connectivity index (χ1n) is 4.85. The molecular weight excluding hydrogens is 224 g/mol. The van der Waals surface area contributed by atoms with E-state index < -0.39 is 4.92 Å². The summed E-state index contributed by atoms with van der Waals surface area (Å²) in [7, 11) is 1.73. The van der Waals surface area contributed by atoms with Crippen LogP contribution in [0.25, 0.3) is 0 Å². The van der Waals surface area contributed by atoms with Crippen molar-refractivity contribution in [2.75, 3.05) is 0 Å². The Morgan fingerprint density at radius 2 is 2.24 bits per heavy atom. The number of pyridine rings is 1. The molecule has 0 saturated heterocycles. The van der Waals surface area contributed by atoms with Crippen LogP contribution in [0.5, 0.6) is 11.6 Å². The lowest BCUT2D eigenvalue weighted by Crippen LogP contribution is -1.96. The number of nitro groups is 1. The van der Waals surface area contributed by atoms with Gasteiger partial charge in [-0.05, 0) is 13.0 Å². The van der Waals surface area contributed by atoms with E-state index in [-0.39, 0.29) is 11.6 Å². The Balaban J connectivity index is 2.37. The Hall–Kier alpha value is -2.44. The van der Waals surface area contributed by atoms with Crippen molar-refractivity contribution in [3.05, 3.63) is 40.3 Å². The molecule has 0 amide bonds. The third-order valence-electron chi connectivity index (χ3n) is 2.07. The Labute approximate surface area is 96.8 Å². The van der Waals surface area contributed by atoms with Crippen molar-refractivity contribution in [3.8, 4) is 11.6 Å². The van der Waals surface area contributed by atoms with Gasteiger partial charge in [-0.2, -0.15) is 5.10 Å². The van der Waals surface area contributed by atoms with Crippen LogP contribution < -0.4 is 4.74 Å². The first-order valence-corrected chi connectivity index (χ1v) is 4.85. The van der Waals surface area contributed by atoms with Crippen molar-refractivity contribution in [2.24, 2.45) is 7.05 Å². The number of aryl methyl sites for hydroxylation is 2. The van der Waals surface area contributed by atoms with E-state index in [1.807, 2.05) is 0 Å². The standard InChI is InChI=1S/C10H10N4O3/c1-7-3-4-9(14(15)16)10(12-7)17-8-5-11-13(2)6-8/h3-6H,1-2H3. The van der Waals surface area contributed by atoms with Gasteiger partial charge in [-0.25, -0.2) is 4.98 Å². The number of nitrogens with zero attached hydrogens (tertiary/aromatic N) is 4. The minimum absolute atomic E-state index is 0.0250. The quantitative estimate of drug-likeness (QED) is 0.597. The molecule has 0 bridgehead atoms. The molecule has 0 fully saturated rings. The molecule has 7 nitrogen and oxygen atoms in total. The number of hydrogen-bond acceptors (Lipinski definition) is 5. The van der Waals surface area contributed by atoms with Crippen molar-refractivity contribution in [3.63, 3.8) is 0 Å². The summed E-state index contributed by atoms with van der Waals surface area (Å²) in [5, 5.41) is 14.7. The van der Waals surface area contributed by atoms with Crippen LogP contribution >= 0.6 is 0 Å². The fourth-order valence-electron chi connectivity index (χ4n) is 1.30. The predicted molar refractivity (Wildman–Crippen MR) is 58.9 cm³/mol. The molecular formula is C10H10N4O3. The molecule has 2 aromatic rings. The summed E-state index contributed by atoms with van der Waals surface area (Å²) in [6.45, 7) is 1.74. The van der Waals surface area contributed by atoms with E-state index in [9.17, 15) is 10.1 Å². The zero-order valence-corrected chi connectivity index (χ0v) is 9.32. The molecule has 0 spiro atoms. The molecule has 88 valence electrons. The van der Waals surface area contributed by atoms with Crippen LogP contribution in [0.2, 0.25) is 0 Å². The molecule has 0 aliphatic rings. The summed E-state index contributed by atoms with van der Waals surface area (Å²) in [5.41, 5.74) is 0.481. The van der Waals surface area contributed by atoms with Gasteiger partial charge in [0.05, 0.1) is 17.3 Å². The number of hydrogen-bond donors (Lipinski definition) is 0. The Bertz CT molecular complexity index is 564. The van der Waals surface area contributed by atoms with Crippen molar-refractivity contribution < 1.29 is 9.66 Å². The van der Waals surface area contributed by atoms with Crippen molar-refractivity contribution in [1.29, 1.82) is 0 Å². The summed E-state index contributed by atoms with van der Waals surface area (Å²) in [4.78, 5) is 14.3. The van der Waals surface area contributed by atoms with E-state index in [1.54, 1.807) is 26.2 Å². The van der Waals surface area contributed by atoms with Crippen LogP contribution in [0.1, 0.15) is 5.69 Å². The normalized spacial score (nSPS) is 10.2. The van der Waals surface area contributed by atoms with Crippen LogP contribution in [-0.4, -0.2) is 19.7 Å². The predicted octanol–water partition coefficient (Wildman–Crippen LogP) is 1.82. The van der Waals surface area contributed by atoms with Crippen LogP contribution in [0.3, 0.4) is 0 Å². The molecule has 0 unspecified atom stereocenters. The molecule has 0 saturated carbocycles. The molecule has 0 atom stereocenters. The summed E-state index contributed by atoms with van der Waals surface area (Å²) in [5.74, 6) is 0.386. The molecule has 2 aromatic heterocycles. The van der Waals surface area contributed by atoms with E-state index >= 15 is 0 Å². The van der Waals surface area contributed by atoms with Crippen LogP contribution in [0, 0.1) is 17.0 Å². The molecule has 0 aromatic carbocycles. The third kappa shape index (κ3) is 2.39. The van der Waals surface area contributed by atoms with Gasteiger partial charge in [0.2, 0.25) is 0 Å². The zero-order valence-electron chi connectivity index (χ0n) is 9.32. The van der Waals surface area contributed by atoms with Crippen molar-refractivity contribution in [2.45, 2.75) is 6.92 Å². The average Bonchev–Trinajstić information content (AvgIpc) is 2.63. The van der Waals surface area contributed by atoms with E-state index in [1.165, 1.54) is 16.9 Å². The van der Waals surface area contributed by atoms with Crippen molar-refractivity contribution >= 4 is 5.69 Å². The molecule has 0 N–H and O–H groups in total. The number of aromatic nitrogens is 3. The van der Waals surface area contributed by atoms with E-state index in [2.05, 4.69) is 10.1 Å². The highest BCUT2D eigenvalue weighted by Gasteiger charge is 2.17. The molecule has 2 heterocycles. The monoisotopic (exact) mass is 234 g/mol. The fraction of sp³-hybridized carbons (Fsp3) is 0.200. The Morgan fingerprint density at radius 1 is 1.47 bits per heavy atom. The maximum Gasteiger partial charge on any atom is 0.331 e. The molecule has 0 aliphatic heterocycles. The lowest BCUT2D eigenvalue weighted by molar-refractivity contribution is -0.386. The maximum absolute atomic E-state index is 10.8. The lowest BCUT2D eigenvalue weighted by atomic mass is 10.3. The van der Waals surface area contributed by atoms with E-state index in [0.29, 0.717) is 11.4 Å². The van der Waals surface area contributed by atoms with Crippen LogP contribution in [0.15, 0.2) is 24.5 Å². The maximum atomic E-state index is 10.8. The largest absolute Gasteiger partial charge is 0.430 e. The second-order valence-corrected chi connectivity index (χ2v) is 3.49. The Morgan fingerprint density at radius 3 is 2.82 bits per heavy atom. The highest BCUT2D eigenvalue weighted by Crippen LogP contribution is 2.28. The van der Waals surface area contributed by atoms with Gasteiger partial charge in [0.25, 0.3) is 5.88 Å². The molecule has 17 heavy (non-hydrogen) atoms. The summed E-state index contributed by atoms with van der Waals surface area (Å²) < 4.78 is 6.87. The van der Waals surface area contributed by atoms with Gasteiger partial charge in [-0.15, -0.1) is 0 Å². The van der Waals surface area contributed by atoms with Crippen molar-refractivity contribution in [1.82, 2.24) is 14.8 Å². The third-order valence-corrected chi connectivity index (χ3v) is 2.07. The highest BCUT2D eigenvalue weighted by molar-refractivity contribution is 5.43. The smallest absolute Gasteiger partial charge is 0.331 e. The first-order chi connectivity index (χ1) is 8.06. The first kappa shape index (κ1) is 11.1. The minimum Gasteiger partial charge on any atom is -0.430 e. The Kier molecular flexibility index (Phi) is 2.73. The average molecular weight is 234 g/mol. The minimum atomic E-state index is -0.530. The topological polar surface area (TPSA) is 83.1 Å². The van der Waals surface area contributed by atoms with Crippen LogP contribution in [0.4, 0.5) is 5.69 Å². The van der Waals surface area contributed by atoms with Gasteiger partial charge < -0.3 is 4.74 Å². The summed E-state index contributed by atoms with van der Waals surface area (Å²) in [6.07, 6.45) is 3.07. The second-order valence-electron chi connectivity index (χ2n) is 3.49. The van der Waals surface area contributed by atoms with Gasteiger partial charge in [0.15, 0.2) is 5.75 Å². The van der Waals surface area contributed by atoms with Gasteiger partial charge in [0, 0.05) is 18.8 Å². The molecule has 7 heteroatoms. The number of rotatable bonds is 3. The van der Waals surface area contributed by atoms with Gasteiger partial charge in [-0.3, -0.25) is 14.8 Å². The molecule has 0 aliphatic carbocycles. The van der Waals surface area contributed by atoms with E-state index in [0.717, 1.165) is 0 Å². The summed E-state index contributed by atoms with van der Waals surface area (Å²) in [6, 6.07) is 2.93.